The van der Waals surface area contributed by atoms with Gasteiger partial charge in [-0.15, -0.1) is 0 Å². The molecule has 0 aliphatic heterocycles. The second kappa shape index (κ2) is 11.0. The Morgan fingerprint density at radius 3 is 2.40 bits per heavy atom. The first kappa shape index (κ1) is 24.2. The van der Waals surface area contributed by atoms with Gasteiger partial charge in [-0.1, -0.05) is 77.8 Å². The molecule has 0 atom stereocenters. The molecule has 176 valence electrons. The van der Waals surface area contributed by atoms with E-state index in [9.17, 15) is 14.9 Å². The normalized spacial score (nSPS) is 11.0. The number of ether oxygens (including phenoxy) is 1. The molecule has 0 aliphatic carbocycles. The highest BCUT2D eigenvalue weighted by molar-refractivity contribution is 6.37. The molecule has 4 aromatic carbocycles. The van der Waals surface area contributed by atoms with Crippen LogP contribution < -0.4 is 10.2 Å². The van der Waals surface area contributed by atoms with Gasteiger partial charge in [0.1, 0.15) is 6.61 Å². The van der Waals surface area contributed by atoms with Crippen molar-refractivity contribution in [3.8, 4) is 5.75 Å². The molecule has 0 aromatic heterocycles. The van der Waals surface area contributed by atoms with E-state index in [0.717, 1.165) is 16.3 Å². The number of carbonyl (C=O) groups is 1. The van der Waals surface area contributed by atoms with Crippen molar-refractivity contribution < 1.29 is 14.5 Å². The summed E-state index contributed by atoms with van der Waals surface area (Å²) in [6.45, 7) is 0.291. The molecule has 0 heterocycles. The van der Waals surface area contributed by atoms with Crippen LogP contribution in [0.25, 0.3) is 10.8 Å². The van der Waals surface area contributed by atoms with Crippen LogP contribution in [-0.2, 0) is 17.8 Å². The number of nitrogens with zero attached hydrogens (tertiary/aromatic N) is 2. The number of rotatable bonds is 8. The Kier molecular flexibility index (Phi) is 7.60. The smallest absolute Gasteiger partial charge is 0.273 e. The van der Waals surface area contributed by atoms with Crippen LogP contribution in [0, 0.1) is 10.1 Å². The minimum absolute atomic E-state index is 0.121. The number of nitro groups is 1. The summed E-state index contributed by atoms with van der Waals surface area (Å²) in [5.74, 6) is -0.151. The molecule has 4 aromatic rings. The third-order valence-corrected chi connectivity index (χ3v) is 5.72. The molecule has 0 saturated heterocycles. The van der Waals surface area contributed by atoms with Gasteiger partial charge in [-0.05, 0) is 40.1 Å². The number of nitro benzene ring substituents is 1. The first-order chi connectivity index (χ1) is 16.9. The molecular weight excluding hydrogens is 489 g/mol. The van der Waals surface area contributed by atoms with Crippen molar-refractivity contribution in [2.75, 3.05) is 0 Å². The van der Waals surface area contributed by atoms with Crippen LogP contribution in [0.1, 0.15) is 16.7 Å². The lowest BCUT2D eigenvalue weighted by Crippen LogP contribution is -2.20. The summed E-state index contributed by atoms with van der Waals surface area (Å²) in [5, 5.41) is 17.8. The van der Waals surface area contributed by atoms with E-state index >= 15 is 0 Å². The van der Waals surface area contributed by atoms with Crippen molar-refractivity contribution in [1.82, 2.24) is 5.43 Å². The van der Waals surface area contributed by atoms with E-state index in [4.69, 9.17) is 27.9 Å². The standard InChI is InChI=1S/C26H19Cl2N3O4/c27-22-12-18(15-29-30-25(32)14-21-7-3-4-8-24(21)31(33)34)13-23(28)26(22)35-16-17-9-10-19-5-1-2-6-20(19)11-17/h1-13,15H,14,16H2,(H,30,32)/b29-15+. The average Bonchev–Trinajstić information content (AvgIpc) is 2.83. The highest BCUT2D eigenvalue weighted by Crippen LogP contribution is 2.34. The van der Waals surface area contributed by atoms with Crippen LogP contribution in [0.5, 0.6) is 5.75 Å². The van der Waals surface area contributed by atoms with Gasteiger partial charge in [-0.2, -0.15) is 5.10 Å². The molecule has 4 rings (SSSR count). The van der Waals surface area contributed by atoms with Crippen LogP contribution in [0.15, 0.2) is 84.0 Å². The topological polar surface area (TPSA) is 93.8 Å². The predicted molar refractivity (Wildman–Crippen MR) is 137 cm³/mol. The Hall–Kier alpha value is -3.94. The lowest BCUT2D eigenvalue weighted by atomic mass is 10.1. The van der Waals surface area contributed by atoms with Crippen LogP contribution >= 0.6 is 23.2 Å². The Morgan fingerprint density at radius 1 is 0.971 bits per heavy atom. The summed E-state index contributed by atoms with van der Waals surface area (Å²) in [6, 6.07) is 23.4. The number of hydrogen-bond donors (Lipinski definition) is 1. The fourth-order valence-electron chi connectivity index (χ4n) is 3.51. The van der Waals surface area contributed by atoms with Gasteiger partial charge in [0.25, 0.3) is 5.69 Å². The zero-order chi connectivity index (χ0) is 24.8. The molecule has 0 saturated carbocycles. The number of carbonyl (C=O) groups excluding carboxylic acids is 1. The number of halogens is 2. The first-order valence-electron chi connectivity index (χ1n) is 10.5. The minimum Gasteiger partial charge on any atom is -0.486 e. The van der Waals surface area contributed by atoms with Crippen LogP contribution in [0.4, 0.5) is 5.69 Å². The molecule has 0 bridgehead atoms. The maximum atomic E-state index is 12.1. The maximum Gasteiger partial charge on any atom is 0.273 e. The number of fused-ring (bicyclic) bond motifs is 1. The maximum absolute atomic E-state index is 12.1. The number of nitrogens with one attached hydrogen (secondary N) is 1. The molecule has 35 heavy (non-hydrogen) atoms. The van der Waals surface area contributed by atoms with E-state index in [0.29, 0.717) is 33.5 Å². The fraction of sp³-hybridized carbons (Fsp3) is 0.0769. The van der Waals surface area contributed by atoms with E-state index in [1.165, 1.54) is 18.3 Å². The number of hydrazone groups is 1. The average molecular weight is 508 g/mol. The van der Waals surface area contributed by atoms with Gasteiger partial charge in [0, 0.05) is 11.6 Å². The van der Waals surface area contributed by atoms with Gasteiger partial charge >= 0.3 is 0 Å². The third-order valence-electron chi connectivity index (χ3n) is 5.16. The Morgan fingerprint density at radius 2 is 1.66 bits per heavy atom. The molecule has 1 amide bonds. The van der Waals surface area contributed by atoms with Gasteiger partial charge in [-0.25, -0.2) is 5.43 Å². The predicted octanol–water partition coefficient (Wildman–Crippen LogP) is 6.33. The quantitative estimate of drug-likeness (QED) is 0.171. The summed E-state index contributed by atoms with van der Waals surface area (Å²) in [4.78, 5) is 22.7. The Balaban J connectivity index is 1.38. The van der Waals surface area contributed by atoms with Crippen LogP contribution in [0.3, 0.4) is 0 Å². The van der Waals surface area contributed by atoms with E-state index in [1.54, 1.807) is 24.3 Å². The zero-order valence-corrected chi connectivity index (χ0v) is 19.8. The van der Waals surface area contributed by atoms with Crippen molar-refractivity contribution in [2.45, 2.75) is 13.0 Å². The van der Waals surface area contributed by atoms with Gasteiger partial charge in [-0.3, -0.25) is 14.9 Å². The van der Waals surface area contributed by atoms with Crippen LogP contribution in [-0.4, -0.2) is 17.0 Å². The largest absolute Gasteiger partial charge is 0.486 e. The van der Waals surface area contributed by atoms with Crippen molar-refractivity contribution in [1.29, 1.82) is 0 Å². The number of hydrogen-bond acceptors (Lipinski definition) is 5. The molecule has 7 nitrogen and oxygen atoms in total. The molecule has 0 fully saturated rings. The molecule has 1 N–H and O–H groups in total. The lowest BCUT2D eigenvalue weighted by molar-refractivity contribution is -0.385. The summed E-state index contributed by atoms with van der Waals surface area (Å²) in [7, 11) is 0. The number of benzene rings is 4. The summed E-state index contributed by atoms with van der Waals surface area (Å²) in [6.07, 6.45) is 1.19. The second-order valence-electron chi connectivity index (χ2n) is 7.64. The van der Waals surface area contributed by atoms with Gasteiger partial charge in [0.15, 0.2) is 5.75 Å². The van der Waals surface area contributed by atoms with E-state index in [2.05, 4.69) is 10.5 Å². The second-order valence-corrected chi connectivity index (χ2v) is 8.45. The molecule has 9 heteroatoms. The number of para-hydroxylation sites is 1. The third kappa shape index (κ3) is 6.15. The Labute approximate surface area is 211 Å². The van der Waals surface area contributed by atoms with Crippen molar-refractivity contribution in [3.63, 3.8) is 0 Å². The van der Waals surface area contributed by atoms with Crippen molar-refractivity contribution in [2.24, 2.45) is 5.10 Å². The molecular formula is C26H19Cl2N3O4. The van der Waals surface area contributed by atoms with Crippen molar-refractivity contribution >= 4 is 51.8 Å². The summed E-state index contributed by atoms with van der Waals surface area (Å²) in [5.41, 5.74) is 4.05. The molecule has 0 unspecified atom stereocenters. The Bertz CT molecular complexity index is 1420. The van der Waals surface area contributed by atoms with Crippen molar-refractivity contribution in [3.05, 3.63) is 116 Å². The van der Waals surface area contributed by atoms with E-state index in [1.807, 2.05) is 42.5 Å². The molecule has 0 aliphatic rings. The highest BCUT2D eigenvalue weighted by Gasteiger charge is 2.15. The fourth-order valence-corrected chi connectivity index (χ4v) is 4.12. The summed E-state index contributed by atoms with van der Waals surface area (Å²) >= 11 is 12.7. The first-order valence-corrected chi connectivity index (χ1v) is 11.3. The zero-order valence-electron chi connectivity index (χ0n) is 18.3. The molecule has 0 spiro atoms. The van der Waals surface area contributed by atoms with Gasteiger partial charge in [0.2, 0.25) is 5.91 Å². The highest BCUT2D eigenvalue weighted by atomic mass is 35.5. The summed E-state index contributed by atoms with van der Waals surface area (Å²) < 4.78 is 5.86. The van der Waals surface area contributed by atoms with E-state index < -0.39 is 10.8 Å². The van der Waals surface area contributed by atoms with Gasteiger partial charge < -0.3 is 4.74 Å². The SMILES string of the molecule is O=C(Cc1ccccc1[N+](=O)[O-])N/N=C/c1cc(Cl)c(OCc2ccc3ccccc3c2)c(Cl)c1. The monoisotopic (exact) mass is 507 g/mol. The lowest BCUT2D eigenvalue weighted by Gasteiger charge is -2.11. The molecule has 0 radical (unpaired) electrons. The van der Waals surface area contributed by atoms with E-state index in [-0.39, 0.29) is 12.1 Å². The number of amides is 1. The minimum atomic E-state index is -0.528. The van der Waals surface area contributed by atoms with Crippen LogP contribution in [0.2, 0.25) is 10.0 Å². The van der Waals surface area contributed by atoms with Gasteiger partial charge in [0.05, 0.1) is 27.6 Å².